The maximum Gasteiger partial charge on any atom is 0.255 e. The Bertz CT molecular complexity index is 1090. The molecule has 8 heteroatoms. The summed E-state index contributed by atoms with van der Waals surface area (Å²) in [7, 11) is 0. The van der Waals surface area contributed by atoms with Crippen LogP contribution in [0.15, 0.2) is 30.6 Å². The van der Waals surface area contributed by atoms with E-state index in [1.54, 1.807) is 18.5 Å². The number of nitrogens with zero attached hydrogens (tertiary/aromatic N) is 3. The van der Waals surface area contributed by atoms with E-state index in [0.29, 0.717) is 21.7 Å². The van der Waals surface area contributed by atoms with Gasteiger partial charge in [0.2, 0.25) is 0 Å². The number of fused-ring (bicyclic) bond motifs is 1. The first-order chi connectivity index (χ1) is 15.0. The summed E-state index contributed by atoms with van der Waals surface area (Å²) < 4.78 is 1.84. The van der Waals surface area contributed by atoms with Gasteiger partial charge in [-0.1, -0.05) is 54.6 Å². The van der Waals surface area contributed by atoms with Crippen LogP contribution in [0.3, 0.4) is 0 Å². The van der Waals surface area contributed by atoms with Crippen LogP contribution < -0.4 is 10.6 Å². The second-order valence-electron chi connectivity index (χ2n) is 8.06. The van der Waals surface area contributed by atoms with Gasteiger partial charge in [-0.3, -0.25) is 4.79 Å². The average Bonchev–Trinajstić information content (AvgIpc) is 3.20. The number of rotatable bonds is 6. The van der Waals surface area contributed by atoms with Crippen LogP contribution in [-0.4, -0.2) is 26.7 Å². The molecule has 164 valence electrons. The minimum absolute atomic E-state index is 0.208. The molecule has 1 saturated carbocycles. The molecule has 1 aliphatic rings. The smallest absolute Gasteiger partial charge is 0.255 e. The number of aromatic nitrogens is 3. The summed E-state index contributed by atoms with van der Waals surface area (Å²) in [6, 6.07) is 5.46. The lowest BCUT2D eigenvalue weighted by molar-refractivity contribution is 0.0940. The number of carbonyl (C=O) groups excluding carboxylic acids is 1. The Labute approximate surface area is 192 Å². The zero-order valence-electron chi connectivity index (χ0n) is 17.8. The lowest BCUT2D eigenvalue weighted by atomic mass is 9.95. The van der Waals surface area contributed by atoms with Crippen molar-refractivity contribution >= 4 is 45.8 Å². The number of pyridine rings is 1. The summed E-state index contributed by atoms with van der Waals surface area (Å²) in [4.78, 5) is 17.9. The fraction of sp³-hybridized carbons (Fsp3) is 0.435. The summed E-state index contributed by atoms with van der Waals surface area (Å²) in [5.74, 6) is -0.208. The molecule has 0 aliphatic heterocycles. The van der Waals surface area contributed by atoms with Crippen LogP contribution >= 0.6 is 23.2 Å². The molecule has 0 saturated heterocycles. The molecule has 1 atom stereocenters. The van der Waals surface area contributed by atoms with Crippen molar-refractivity contribution < 1.29 is 4.79 Å². The minimum atomic E-state index is -0.310. The van der Waals surface area contributed by atoms with Crippen molar-refractivity contribution in [3.63, 3.8) is 0 Å². The number of benzene rings is 1. The Balaban J connectivity index is 1.67. The molecule has 2 heterocycles. The second-order valence-corrected chi connectivity index (χ2v) is 8.85. The highest BCUT2D eigenvalue weighted by Crippen LogP contribution is 2.32. The third-order valence-electron chi connectivity index (χ3n) is 5.96. The predicted molar refractivity (Wildman–Crippen MR) is 126 cm³/mol. The molecule has 1 unspecified atom stereocenters. The fourth-order valence-corrected chi connectivity index (χ4v) is 4.72. The van der Waals surface area contributed by atoms with E-state index in [1.807, 2.05) is 30.7 Å². The first-order valence-corrected chi connectivity index (χ1v) is 11.6. The summed E-state index contributed by atoms with van der Waals surface area (Å²) in [5, 5.41) is 12.9. The number of nitrogens with one attached hydrogen (secondary N) is 2. The van der Waals surface area contributed by atoms with Crippen LogP contribution in [0.2, 0.25) is 10.0 Å². The number of amides is 1. The third kappa shape index (κ3) is 4.51. The van der Waals surface area contributed by atoms with Crippen molar-refractivity contribution in [2.45, 2.75) is 64.6 Å². The number of halogens is 2. The summed E-state index contributed by atoms with van der Waals surface area (Å²) >= 11 is 12.5. The molecule has 1 aliphatic carbocycles. The molecule has 4 rings (SSSR count). The Kier molecular flexibility index (Phi) is 6.68. The first-order valence-electron chi connectivity index (χ1n) is 10.9. The zero-order chi connectivity index (χ0) is 22.0. The molecular formula is C23H27Cl2N5O. The Hall–Kier alpha value is -2.31. The molecule has 31 heavy (non-hydrogen) atoms. The lowest BCUT2D eigenvalue weighted by Crippen LogP contribution is -2.29. The van der Waals surface area contributed by atoms with Crippen molar-refractivity contribution in [1.29, 1.82) is 0 Å². The van der Waals surface area contributed by atoms with Gasteiger partial charge in [0.1, 0.15) is 0 Å². The van der Waals surface area contributed by atoms with Gasteiger partial charge in [0.25, 0.3) is 5.91 Å². The van der Waals surface area contributed by atoms with Crippen LogP contribution in [0.25, 0.3) is 11.0 Å². The van der Waals surface area contributed by atoms with E-state index >= 15 is 0 Å². The molecule has 0 radical (unpaired) electrons. The highest BCUT2D eigenvalue weighted by Gasteiger charge is 2.23. The van der Waals surface area contributed by atoms with E-state index in [4.69, 9.17) is 23.2 Å². The highest BCUT2D eigenvalue weighted by molar-refractivity contribution is 6.42. The summed E-state index contributed by atoms with van der Waals surface area (Å²) in [6.07, 6.45) is 9.30. The molecular weight excluding hydrogens is 433 g/mol. The zero-order valence-corrected chi connectivity index (χ0v) is 19.3. The molecule has 0 bridgehead atoms. The largest absolute Gasteiger partial charge is 0.381 e. The Morgan fingerprint density at radius 1 is 1.23 bits per heavy atom. The number of hydrogen-bond acceptors (Lipinski definition) is 4. The quantitative estimate of drug-likeness (QED) is 0.474. The van der Waals surface area contributed by atoms with Gasteiger partial charge in [-0.15, -0.1) is 0 Å². The van der Waals surface area contributed by atoms with Gasteiger partial charge in [-0.05, 0) is 38.3 Å². The van der Waals surface area contributed by atoms with Gasteiger partial charge >= 0.3 is 0 Å². The monoisotopic (exact) mass is 459 g/mol. The molecule has 1 fully saturated rings. The second kappa shape index (κ2) is 9.45. The van der Waals surface area contributed by atoms with Crippen LogP contribution in [-0.2, 0) is 6.54 Å². The van der Waals surface area contributed by atoms with E-state index in [-0.39, 0.29) is 11.9 Å². The van der Waals surface area contributed by atoms with Crippen molar-refractivity contribution in [3.05, 3.63) is 51.8 Å². The van der Waals surface area contributed by atoms with E-state index < -0.39 is 0 Å². The van der Waals surface area contributed by atoms with Crippen LogP contribution in [0.5, 0.6) is 0 Å². The topological polar surface area (TPSA) is 71.8 Å². The van der Waals surface area contributed by atoms with Crippen LogP contribution in [0.1, 0.15) is 67.9 Å². The van der Waals surface area contributed by atoms with Crippen LogP contribution in [0, 0.1) is 0 Å². The number of carbonyl (C=O) groups is 1. The predicted octanol–water partition coefficient (Wildman–Crippen LogP) is 5.99. The van der Waals surface area contributed by atoms with Crippen molar-refractivity contribution in [2.75, 3.05) is 5.32 Å². The van der Waals surface area contributed by atoms with Gasteiger partial charge in [0, 0.05) is 18.8 Å². The first kappa shape index (κ1) is 21.9. The van der Waals surface area contributed by atoms with E-state index in [9.17, 15) is 4.79 Å². The van der Waals surface area contributed by atoms with Gasteiger partial charge in [-0.2, -0.15) is 5.10 Å². The fourth-order valence-electron chi connectivity index (χ4n) is 4.24. The van der Waals surface area contributed by atoms with Crippen molar-refractivity contribution in [3.8, 4) is 0 Å². The molecule has 0 spiro atoms. The SMILES string of the molecule is CCn1ncc2c(NC3CCCCC3)c(C(=O)NC(C)c3cccc(Cl)c3Cl)cnc21. The lowest BCUT2D eigenvalue weighted by Gasteiger charge is -2.25. The molecule has 1 aromatic carbocycles. The molecule has 6 nitrogen and oxygen atoms in total. The molecule has 2 N–H and O–H groups in total. The van der Waals surface area contributed by atoms with E-state index in [1.165, 1.54) is 19.3 Å². The summed E-state index contributed by atoms with van der Waals surface area (Å²) in [6.45, 7) is 4.64. The van der Waals surface area contributed by atoms with Crippen molar-refractivity contribution in [1.82, 2.24) is 20.1 Å². The Morgan fingerprint density at radius 2 is 2.00 bits per heavy atom. The number of aryl methyl sites for hydroxylation is 1. The average molecular weight is 460 g/mol. The molecule has 1 amide bonds. The molecule has 2 aromatic heterocycles. The van der Waals surface area contributed by atoms with E-state index in [0.717, 1.165) is 41.7 Å². The standard InChI is InChI=1S/C23H27Cl2N5O/c1-3-30-22-17(13-27-30)21(29-15-8-5-4-6-9-15)18(12-26-22)23(31)28-14(2)16-10-7-11-19(24)20(16)25/h7,10-15H,3-6,8-9H2,1-2H3,(H,26,29)(H,28,31). The summed E-state index contributed by atoms with van der Waals surface area (Å²) in [5.41, 5.74) is 2.87. The maximum atomic E-state index is 13.3. The molecule has 3 aromatic rings. The minimum Gasteiger partial charge on any atom is -0.381 e. The van der Waals surface area contributed by atoms with Gasteiger partial charge < -0.3 is 10.6 Å². The van der Waals surface area contributed by atoms with Gasteiger partial charge in [0.15, 0.2) is 5.65 Å². The third-order valence-corrected chi connectivity index (χ3v) is 6.79. The number of anilines is 1. The maximum absolute atomic E-state index is 13.3. The normalized spacial score (nSPS) is 15.7. The highest BCUT2D eigenvalue weighted by atomic mass is 35.5. The number of hydrogen-bond donors (Lipinski definition) is 2. The Morgan fingerprint density at radius 3 is 2.74 bits per heavy atom. The van der Waals surface area contributed by atoms with Crippen LogP contribution in [0.4, 0.5) is 5.69 Å². The van der Waals surface area contributed by atoms with Gasteiger partial charge in [-0.25, -0.2) is 9.67 Å². The van der Waals surface area contributed by atoms with E-state index in [2.05, 4.69) is 20.7 Å². The van der Waals surface area contributed by atoms with Gasteiger partial charge in [0.05, 0.1) is 38.9 Å². The van der Waals surface area contributed by atoms with Crippen molar-refractivity contribution in [2.24, 2.45) is 0 Å².